The van der Waals surface area contributed by atoms with E-state index in [4.69, 9.17) is 4.98 Å². The van der Waals surface area contributed by atoms with Gasteiger partial charge in [0.25, 0.3) is 5.56 Å². The maximum Gasteiger partial charge on any atom is 0.326 e. The molecule has 4 rings (SSSR count). The molecule has 0 fully saturated rings. The average Bonchev–Trinajstić information content (AvgIpc) is 3.03. The van der Waals surface area contributed by atoms with Crippen LogP contribution in [0.5, 0.6) is 0 Å². The molecule has 2 aromatic heterocycles. The van der Waals surface area contributed by atoms with Gasteiger partial charge in [-0.05, 0) is 44.6 Å². The predicted molar refractivity (Wildman–Crippen MR) is 108 cm³/mol. The van der Waals surface area contributed by atoms with Crippen LogP contribution in [0.1, 0.15) is 48.2 Å². The first-order chi connectivity index (χ1) is 13.0. The van der Waals surface area contributed by atoms with Crippen molar-refractivity contribution in [2.45, 2.75) is 52.0 Å². The number of aliphatic carboxylic acids is 1. The number of rotatable bonds is 4. The van der Waals surface area contributed by atoms with E-state index < -0.39 is 12.0 Å². The Labute approximate surface area is 161 Å². The standard InChI is InChI=1S/C21H22N2O3S/c1-3-15(21(25)26)23-18(13-10-8-12(2)9-11-13)22-19-17(20(23)24)14-6-4-5-7-16(14)27-19/h8-11,15H,3-7H2,1-2H3,(H,25,26). The highest BCUT2D eigenvalue weighted by Gasteiger charge is 2.28. The van der Waals surface area contributed by atoms with Gasteiger partial charge in [0, 0.05) is 10.4 Å². The molecule has 6 heteroatoms. The molecular weight excluding hydrogens is 360 g/mol. The van der Waals surface area contributed by atoms with E-state index in [1.165, 1.54) is 9.44 Å². The van der Waals surface area contributed by atoms with Gasteiger partial charge in [-0.3, -0.25) is 9.36 Å². The van der Waals surface area contributed by atoms with Gasteiger partial charge in [0.05, 0.1) is 5.39 Å². The van der Waals surface area contributed by atoms with Gasteiger partial charge in [-0.15, -0.1) is 11.3 Å². The molecule has 0 radical (unpaired) electrons. The van der Waals surface area contributed by atoms with Crippen LogP contribution in [-0.4, -0.2) is 20.6 Å². The van der Waals surface area contributed by atoms with Crippen molar-refractivity contribution in [2.24, 2.45) is 0 Å². The summed E-state index contributed by atoms with van der Waals surface area (Å²) in [5.74, 6) is -0.557. The zero-order valence-electron chi connectivity index (χ0n) is 15.5. The van der Waals surface area contributed by atoms with Crippen molar-refractivity contribution in [1.29, 1.82) is 0 Å². The number of carbonyl (C=O) groups is 1. The van der Waals surface area contributed by atoms with Crippen molar-refractivity contribution in [1.82, 2.24) is 9.55 Å². The Bertz CT molecular complexity index is 1080. The van der Waals surface area contributed by atoms with E-state index >= 15 is 0 Å². The Kier molecular flexibility index (Phi) is 4.60. The van der Waals surface area contributed by atoms with E-state index in [1.807, 2.05) is 31.2 Å². The molecule has 27 heavy (non-hydrogen) atoms. The van der Waals surface area contributed by atoms with Gasteiger partial charge in [0.15, 0.2) is 0 Å². The van der Waals surface area contributed by atoms with Crippen molar-refractivity contribution < 1.29 is 9.90 Å². The Balaban J connectivity index is 2.07. The molecule has 0 saturated heterocycles. The second-order valence-corrected chi connectivity index (χ2v) is 8.21. The first-order valence-electron chi connectivity index (χ1n) is 9.38. The molecule has 0 saturated carbocycles. The van der Waals surface area contributed by atoms with Gasteiger partial charge in [-0.2, -0.15) is 0 Å². The van der Waals surface area contributed by atoms with Crippen molar-refractivity contribution >= 4 is 27.5 Å². The summed E-state index contributed by atoms with van der Waals surface area (Å²) in [4.78, 5) is 32.2. The van der Waals surface area contributed by atoms with Gasteiger partial charge in [-0.25, -0.2) is 9.78 Å². The maximum atomic E-state index is 13.5. The summed E-state index contributed by atoms with van der Waals surface area (Å²) in [6, 6.07) is 6.79. The predicted octanol–water partition coefficient (Wildman–Crippen LogP) is 4.35. The van der Waals surface area contributed by atoms with E-state index in [2.05, 4.69) is 0 Å². The second-order valence-electron chi connectivity index (χ2n) is 7.13. The zero-order valence-corrected chi connectivity index (χ0v) is 16.3. The first-order valence-corrected chi connectivity index (χ1v) is 10.2. The van der Waals surface area contributed by atoms with E-state index in [9.17, 15) is 14.7 Å². The Morgan fingerprint density at radius 2 is 1.96 bits per heavy atom. The molecule has 1 aliphatic rings. The van der Waals surface area contributed by atoms with Gasteiger partial charge >= 0.3 is 5.97 Å². The Hall–Kier alpha value is -2.47. The zero-order chi connectivity index (χ0) is 19.1. The number of nitrogens with zero attached hydrogens (tertiary/aromatic N) is 2. The van der Waals surface area contributed by atoms with Gasteiger partial charge in [-0.1, -0.05) is 36.8 Å². The van der Waals surface area contributed by atoms with Crippen LogP contribution in [-0.2, 0) is 17.6 Å². The van der Waals surface area contributed by atoms with E-state index in [1.54, 1.807) is 18.3 Å². The number of hydrogen-bond donors (Lipinski definition) is 1. The van der Waals surface area contributed by atoms with E-state index in [-0.39, 0.29) is 5.56 Å². The smallest absolute Gasteiger partial charge is 0.326 e. The molecule has 5 nitrogen and oxygen atoms in total. The number of aromatic nitrogens is 2. The molecule has 1 atom stereocenters. The number of aryl methyl sites for hydroxylation is 3. The molecular formula is C21H22N2O3S. The third kappa shape index (κ3) is 2.98. The van der Waals surface area contributed by atoms with Crippen LogP contribution in [0, 0.1) is 6.92 Å². The summed E-state index contributed by atoms with van der Waals surface area (Å²) in [5.41, 5.74) is 2.74. The van der Waals surface area contributed by atoms with Crippen molar-refractivity contribution in [3.05, 3.63) is 50.6 Å². The lowest BCUT2D eigenvalue weighted by Gasteiger charge is -2.19. The molecule has 0 spiro atoms. The third-order valence-corrected chi connectivity index (χ3v) is 6.50. The molecule has 140 valence electrons. The lowest BCUT2D eigenvalue weighted by Crippen LogP contribution is -2.32. The van der Waals surface area contributed by atoms with Crippen LogP contribution in [0.4, 0.5) is 0 Å². The monoisotopic (exact) mass is 382 g/mol. The topological polar surface area (TPSA) is 72.2 Å². The first kappa shape index (κ1) is 17.9. The van der Waals surface area contributed by atoms with Gasteiger partial charge < -0.3 is 5.11 Å². The lowest BCUT2D eigenvalue weighted by atomic mass is 9.97. The van der Waals surface area contributed by atoms with Crippen LogP contribution in [0.25, 0.3) is 21.6 Å². The van der Waals surface area contributed by atoms with Crippen molar-refractivity contribution in [3.8, 4) is 11.4 Å². The summed E-state index contributed by atoms with van der Waals surface area (Å²) in [6.45, 7) is 3.78. The van der Waals surface area contributed by atoms with Crippen LogP contribution in [0.2, 0.25) is 0 Å². The van der Waals surface area contributed by atoms with Crippen molar-refractivity contribution in [3.63, 3.8) is 0 Å². The summed E-state index contributed by atoms with van der Waals surface area (Å²) in [7, 11) is 0. The van der Waals surface area contributed by atoms with Crippen LogP contribution < -0.4 is 5.56 Å². The third-order valence-electron chi connectivity index (χ3n) is 5.31. The number of carboxylic acid groups (broad SMARTS) is 1. The molecule has 1 aromatic carbocycles. The number of thiophene rings is 1. The number of carboxylic acids is 1. The lowest BCUT2D eigenvalue weighted by molar-refractivity contribution is -0.141. The van der Waals surface area contributed by atoms with Crippen LogP contribution in [0.15, 0.2) is 29.1 Å². The number of fused-ring (bicyclic) bond motifs is 3. The van der Waals surface area contributed by atoms with Crippen LogP contribution >= 0.6 is 11.3 Å². The molecule has 1 aliphatic carbocycles. The second kappa shape index (κ2) is 6.93. The maximum absolute atomic E-state index is 13.5. The summed E-state index contributed by atoms with van der Waals surface area (Å²) < 4.78 is 1.40. The minimum Gasteiger partial charge on any atom is -0.480 e. The molecule has 1 unspecified atom stereocenters. The molecule has 0 aliphatic heterocycles. The minimum absolute atomic E-state index is 0.218. The molecule has 2 heterocycles. The normalized spacial score (nSPS) is 14.9. The summed E-state index contributed by atoms with van der Waals surface area (Å²) in [5, 5.41) is 10.4. The Morgan fingerprint density at radius 1 is 1.26 bits per heavy atom. The fraction of sp³-hybridized carbons (Fsp3) is 0.381. The fourth-order valence-corrected chi connectivity index (χ4v) is 5.13. The SMILES string of the molecule is CCC(C(=O)O)n1c(-c2ccc(C)cc2)nc2sc3c(c2c1=O)CCCC3. The largest absolute Gasteiger partial charge is 0.480 e. The number of hydrogen-bond acceptors (Lipinski definition) is 4. The van der Waals surface area contributed by atoms with E-state index in [0.29, 0.717) is 17.6 Å². The van der Waals surface area contributed by atoms with E-state index in [0.717, 1.165) is 47.2 Å². The fourth-order valence-electron chi connectivity index (χ4n) is 3.88. The van der Waals surface area contributed by atoms with Crippen LogP contribution in [0.3, 0.4) is 0 Å². The molecule has 1 N–H and O–H groups in total. The summed E-state index contributed by atoms with van der Waals surface area (Å²) in [6.07, 6.45) is 4.37. The van der Waals surface area contributed by atoms with Gasteiger partial charge in [0.2, 0.25) is 0 Å². The number of benzene rings is 1. The minimum atomic E-state index is -1.00. The molecule has 0 amide bonds. The highest BCUT2D eigenvalue weighted by atomic mass is 32.1. The highest BCUT2D eigenvalue weighted by Crippen LogP contribution is 2.35. The quantitative estimate of drug-likeness (QED) is 0.728. The van der Waals surface area contributed by atoms with Crippen molar-refractivity contribution in [2.75, 3.05) is 0 Å². The highest BCUT2D eigenvalue weighted by molar-refractivity contribution is 7.18. The summed E-state index contributed by atoms with van der Waals surface area (Å²) >= 11 is 1.59. The molecule has 3 aromatic rings. The molecule has 0 bridgehead atoms. The average molecular weight is 382 g/mol. The van der Waals surface area contributed by atoms with Gasteiger partial charge in [0.1, 0.15) is 16.7 Å². The Morgan fingerprint density at radius 3 is 2.63 bits per heavy atom.